The van der Waals surface area contributed by atoms with Crippen LogP contribution in [0.25, 0.3) is 0 Å². The molecule has 1 atom stereocenters. The molecular weight excluding hydrogens is 188 g/mol. The van der Waals surface area contributed by atoms with E-state index in [1.807, 2.05) is 24.3 Å². The van der Waals surface area contributed by atoms with E-state index in [1.165, 1.54) is 0 Å². The van der Waals surface area contributed by atoms with E-state index in [1.54, 1.807) is 0 Å². The molecule has 0 heterocycles. The molecule has 0 saturated heterocycles. The quantitative estimate of drug-likeness (QED) is 0.490. The first kappa shape index (κ1) is 10.0. The number of rotatable bonds is 0. The van der Waals surface area contributed by atoms with Gasteiger partial charge in [0.2, 0.25) is 0 Å². The molecule has 0 amide bonds. The molecule has 1 aromatic rings. The maximum Gasteiger partial charge on any atom is 0.0826 e. The average molecular weight is 199 g/mol. The molecule has 1 aromatic carbocycles. The number of nitrogens with zero attached hydrogens (tertiary/aromatic N) is 1. The first-order chi connectivity index (χ1) is 5.83. The minimum atomic E-state index is -0.216. The molecule has 0 aromatic heterocycles. The Hall–Kier alpha value is -1.06. The molecule has 0 saturated carbocycles. The lowest BCUT2D eigenvalue weighted by molar-refractivity contribution is 0.316. The van der Waals surface area contributed by atoms with Gasteiger partial charge >= 0.3 is 0 Å². The Morgan fingerprint density at radius 2 is 2.08 bits per heavy atom. The summed E-state index contributed by atoms with van der Waals surface area (Å²) in [5.41, 5.74) is 8.70. The number of fused-ring (bicyclic) bond motifs is 1. The largest absolute Gasteiger partial charge is 0.411 e. The summed E-state index contributed by atoms with van der Waals surface area (Å²) in [6.45, 7) is 0. The minimum absolute atomic E-state index is 0. The third kappa shape index (κ3) is 1.53. The van der Waals surface area contributed by atoms with Crippen molar-refractivity contribution in [2.24, 2.45) is 10.9 Å². The second kappa shape index (κ2) is 3.77. The van der Waals surface area contributed by atoms with Crippen LogP contribution in [0.3, 0.4) is 0 Å². The molecule has 2 rings (SSSR count). The summed E-state index contributed by atoms with van der Waals surface area (Å²) in [7, 11) is 0. The smallest absolute Gasteiger partial charge is 0.0826 e. The molecular formula is C9H11ClN2O. The molecule has 13 heavy (non-hydrogen) atoms. The van der Waals surface area contributed by atoms with E-state index in [4.69, 9.17) is 10.9 Å². The molecule has 0 bridgehead atoms. The summed E-state index contributed by atoms with van der Waals surface area (Å²) in [5, 5.41) is 11.8. The first-order valence-electron chi connectivity index (χ1n) is 3.87. The van der Waals surface area contributed by atoms with Gasteiger partial charge in [0.15, 0.2) is 0 Å². The Bertz CT molecular complexity index is 338. The van der Waals surface area contributed by atoms with Gasteiger partial charge in [-0.05, 0) is 11.1 Å². The predicted octanol–water partition coefficient (Wildman–Crippen LogP) is 1.49. The van der Waals surface area contributed by atoms with Gasteiger partial charge in [0.1, 0.15) is 0 Å². The van der Waals surface area contributed by atoms with Gasteiger partial charge in [-0.1, -0.05) is 29.4 Å². The molecule has 3 N–H and O–H groups in total. The summed E-state index contributed by atoms with van der Waals surface area (Å²) in [4.78, 5) is 0. The van der Waals surface area contributed by atoms with E-state index in [9.17, 15) is 0 Å². The fraction of sp³-hybridized carbons (Fsp3) is 0.222. The van der Waals surface area contributed by atoms with Gasteiger partial charge in [0.25, 0.3) is 0 Å². The first-order valence-corrected chi connectivity index (χ1v) is 3.87. The van der Waals surface area contributed by atoms with E-state index in [0.717, 1.165) is 11.1 Å². The fourth-order valence-corrected chi connectivity index (χ4v) is 1.58. The Morgan fingerprint density at radius 3 is 2.69 bits per heavy atom. The molecule has 1 aliphatic carbocycles. The molecule has 3 nitrogen and oxygen atoms in total. The van der Waals surface area contributed by atoms with E-state index in [2.05, 4.69) is 5.16 Å². The van der Waals surface area contributed by atoms with Crippen LogP contribution in [0.1, 0.15) is 17.2 Å². The van der Waals surface area contributed by atoms with Crippen LogP contribution >= 0.6 is 12.4 Å². The maximum atomic E-state index is 8.62. The molecule has 0 fully saturated rings. The molecule has 70 valence electrons. The van der Waals surface area contributed by atoms with Gasteiger partial charge in [-0.2, -0.15) is 0 Å². The Morgan fingerprint density at radius 1 is 1.38 bits per heavy atom. The van der Waals surface area contributed by atoms with E-state index in [-0.39, 0.29) is 18.4 Å². The van der Waals surface area contributed by atoms with Gasteiger partial charge < -0.3 is 10.9 Å². The van der Waals surface area contributed by atoms with Crippen molar-refractivity contribution in [3.05, 3.63) is 35.4 Å². The molecule has 1 aliphatic rings. The zero-order chi connectivity index (χ0) is 8.55. The maximum absolute atomic E-state index is 8.62. The van der Waals surface area contributed by atoms with Crippen LogP contribution in [0.5, 0.6) is 0 Å². The van der Waals surface area contributed by atoms with Crippen LogP contribution in [0, 0.1) is 0 Å². The lowest BCUT2D eigenvalue weighted by Crippen LogP contribution is -2.16. The van der Waals surface area contributed by atoms with Gasteiger partial charge in [0.05, 0.1) is 11.8 Å². The van der Waals surface area contributed by atoms with Crippen LogP contribution in [0.2, 0.25) is 0 Å². The average Bonchev–Trinajstić information content (AvgIpc) is 2.44. The Balaban J connectivity index is 0.000000845. The Labute approximate surface area is 82.7 Å². The van der Waals surface area contributed by atoms with Gasteiger partial charge in [-0.25, -0.2) is 0 Å². The molecule has 1 unspecified atom stereocenters. The van der Waals surface area contributed by atoms with Crippen molar-refractivity contribution in [2.75, 3.05) is 0 Å². The summed E-state index contributed by atoms with van der Waals surface area (Å²) < 4.78 is 0. The van der Waals surface area contributed by atoms with Crippen LogP contribution < -0.4 is 5.73 Å². The standard InChI is InChI=1S/C9H10N2O.ClH/c10-9-7-4-2-1-3-6(7)5-8(9)11-12;/h1-4,9,12H,5,10H2;1H. The highest BCUT2D eigenvalue weighted by Gasteiger charge is 2.24. The van der Waals surface area contributed by atoms with Crippen molar-refractivity contribution in [1.29, 1.82) is 0 Å². The summed E-state index contributed by atoms with van der Waals surface area (Å²) in [6.07, 6.45) is 0.674. The summed E-state index contributed by atoms with van der Waals surface area (Å²) in [6, 6.07) is 7.67. The van der Waals surface area contributed by atoms with E-state index < -0.39 is 0 Å². The molecule has 0 radical (unpaired) electrons. The molecule has 0 spiro atoms. The van der Waals surface area contributed by atoms with Crippen LogP contribution in [-0.2, 0) is 6.42 Å². The molecule has 0 aliphatic heterocycles. The minimum Gasteiger partial charge on any atom is -0.411 e. The van der Waals surface area contributed by atoms with E-state index in [0.29, 0.717) is 12.1 Å². The van der Waals surface area contributed by atoms with E-state index >= 15 is 0 Å². The van der Waals surface area contributed by atoms with Gasteiger partial charge in [-0.15, -0.1) is 12.4 Å². The normalized spacial score (nSPS) is 22.5. The summed E-state index contributed by atoms with van der Waals surface area (Å²) >= 11 is 0. The molecule has 4 heteroatoms. The number of hydrogen-bond acceptors (Lipinski definition) is 3. The second-order valence-corrected chi connectivity index (χ2v) is 2.94. The van der Waals surface area contributed by atoms with Crippen molar-refractivity contribution in [1.82, 2.24) is 0 Å². The van der Waals surface area contributed by atoms with Crippen molar-refractivity contribution in [2.45, 2.75) is 12.5 Å². The highest BCUT2D eigenvalue weighted by atomic mass is 35.5. The van der Waals surface area contributed by atoms with Crippen molar-refractivity contribution in [3.8, 4) is 0 Å². The van der Waals surface area contributed by atoms with Crippen molar-refractivity contribution in [3.63, 3.8) is 0 Å². The van der Waals surface area contributed by atoms with Gasteiger partial charge in [0, 0.05) is 6.42 Å². The number of halogens is 1. The Kier molecular flexibility index (Phi) is 2.90. The zero-order valence-electron chi connectivity index (χ0n) is 6.97. The summed E-state index contributed by atoms with van der Waals surface area (Å²) in [5.74, 6) is 0. The van der Waals surface area contributed by atoms with Crippen LogP contribution in [-0.4, -0.2) is 10.9 Å². The third-order valence-electron chi connectivity index (χ3n) is 2.25. The predicted molar refractivity (Wildman–Crippen MR) is 53.5 cm³/mol. The number of nitrogens with two attached hydrogens (primary N) is 1. The van der Waals surface area contributed by atoms with Crippen molar-refractivity contribution >= 4 is 18.1 Å². The lowest BCUT2D eigenvalue weighted by atomic mass is 10.1. The SMILES string of the molecule is Cl.NC1C(=NO)Cc2ccccc21. The lowest BCUT2D eigenvalue weighted by Gasteiger charge is -2.02. The van der Waals surface area contributed by atoms with Crippen LogP contribution in [0.15, 0.2) is 29.4 Å². The number of benzene rings is 1. The van der Waals surface area contributed by atoms with Crippen LogP contribution in [0.4, 0.5) is 0 Å². The zero-order valence-corrected chi connectivity index (χ0v) is 7.79. The fourth-order valence-electron chi connectivity index (χ4n) is 1.58. The highest BCUT2D eigenvalue weighted by molar-refractivity contribution is 5.96. The third-order valence-corrected chi connectivity index (χ3v) is 2.25. The van der Waals surface area contributed by atoms with Crippen molar-refractivity contribution < 1.29 is 5.21 Å². The van der Waals surface area contributed by atoms with Gasteiger partial charge in [-0.3, -0.25) is 0 Å². The number of oxime groups is 1. The highest BCUT2D eigenvalue weighted by Crippen LogP contribution is 2.26. The number of hydrogen-bond donors (Lipinski definition) is 2. The topological polar surface area (TPSA) is 58.6 Å². The monoisotopic (exact) mass is 198 g/mol. The second-order valence-electron chi connectivity index (χ2n) is 2.94.